The molecule has 1 unspecified atom stereocenters. The van der Waals surface area contributed by atoms with Gasteiger partial charge in [-0.25, -0.2) is 0 Å². The predicted octanol–water partition coefficient (Wildman–Crippen LogP) is 4.32. The van der Waals surface area contributed by atoms with E-state index < -0.39 is 0 Å². The molecular weight excluding hydrogens is 400 g/mol. The van der Waals surface area contributed by atoms with Crippen molar-refractivity contribution in [3.63, 3.8) is 0 Å². The van der Waals surface area contributed by atoms with Crippen molar-refractivity contribution < 1.29 is 19.1 Å². The van der Waals surface area contributed by atoms with Crippen molar-refractivity contribution in [3.8, 4) is 11.5 Å². The zero-order chi connectivity index (χ0) is 21.3. The highest BCUT2D eigenvalue weighted by Gasteiger charge is 2.28. The fourth-order valence-electron chi connectivity index (χ4n) is 3.86. The first-order chi connectivity index (χ1) is 14.6. The highest BCUT2D eigenvalue weighted by Crippen LogP contribution is 2.37. The predicted molar refractivity (Wildman–Crippen MR) is 118 cm³/mol. The van der Waals surface area contributed by atoms with Crippen LogP contribution in [0, 0.1) is 5.92 Å². The molecular formula is C23H30N2O4S. The van der Waals surface area contributed by atoms with Crippen molar-refractivity contribution in [1.29, 1.82) is 0 Å². The normalized spacial score (nSPS) is 14.9. The van der Waals surface area contributed by atoms with Gasteiger partial charge < -0.3 is 20.1 Å². The summed E-state index contributed by atoms with van der Waals surface area (Å²) in [7, 11) is 0. The number of nitrogens with one attached hydrogen (secondary N) is 2. The Morgan fingerprint density at radius 1 is 1.10 bits per heavy atom. The van der Waals surface area contributed by atoms with Crippen molar-refractivity contribution in [2.75, 3.05) is 19.8 Å². The Morgan fingerprint density at radius 3 is 2.50 bits per heavy atom. The van der Waals surface area contributed by atoms with Gasteiger partial charge in [-0.1, -0.05) is 18.9 Å². The number of amides is 2. The van der Waals surface area contributed by atoms with Crippen LogP contribution in [0.1, 0.15) is 60.8 Å². The summed E-state index contributed by atoms with van der Waals surface area (Å²) in [6.07, 6.45) is 4.67. The first-order valence-electron chi connectivity index (χ1n) is 10.6. The minimum Gasteiger partial charge on any atom is -0.490 e. The Labute approximate surface area is 182 Å². The summed E-state index contributed by atoms with van der Waals surface area (Å²) in [5, 5.41) is 7.89. The zero-order valence-electron chi connectivity index (χ0n) is 17.6. The Morgan fingerprint density at radius 2 is 1.83 bits per heavy atom. The third kappa shape index (κ3) is 5.75. The zero-order valence-corrected chi connectivity index (χ0v) is 18.4. The Kier molecular flexibility index (Phi) is 8.13. The molecule has 2 amide bonds. The maximum Gasteiger partial charge on any atom is 0.251 e. The monoisotopic (exact) mass is 430 g/mol. The first kappa shape index (κ1) is 22.2. The van der Waals surface area contributed by atoms with Crippen LogP contribution in [0.3, 0.4) is 0 Å². The second-order valence-corrected chi connectivity index (χ2v) is 8.29. The minimum absolute atomic E-state index is 0.0203. The molecule has 1 aliphatic carbocycles. The Hall–Kier alpha value is -2.54. The maximum absolute atomic E-state index is 12.6. The van der Waals surface area contributed by atoms with Crippen molar-refractivity contribution in [2.24, 2.45) is 5.92 Å². The minimum atomic E-state index is -0.317. The molecule has 1 saturated carbocycles. The molecule has 30 heavy (non-hydrogen) atoms. The van der Waals surface area contributed by atoms with Crippen LogP contribution >= 0.6 is 11.3 Å². The molecule has 3 rings (SSSR count). The fourth-order valence-corrected chi connectivity index (χ4v) is 4.73. The van der Waals surface area contributed by atoms with E-state index in [9.17, 15) is 9.59 Å². The lowest BCUT2D eigenvalue weighted by Gasteiger charge is -2.24. The summed E-state index contributed by atoms with van der Waals surface area (Å²) in [5.74, 6) is 1.09. The van der Waals surface area contributed by atoms with E-state index in [-0.39, 0.29) is 24.4 Å². The average molecular weight is 431 g/mol. The second-order valence-electron chi connectivity index (χ2n) is 7.32. The van der Waals surface area contributed by atoms with Crippen LogP contribution in [0.4, 0.5) is 0 Å². The van der Waals surface area contributed by atoms with E-state index >= 15 is 0 Å². The third-order valence-electron chi connectivity index (χ3n) is 5.25. The summed E-state index contributed by atoms with van der Waals surface area (Å²) in [4.78, 5) is 26.3. The SMILES string of the molecule is CCOc1ccc(C(=O)NCC(=O)NC(c2cccs2)C2CCCC2)cc1OCC. The number of carbonyl (C=O) groups excluding carboxylic acids is 2. The molecule has 1 heterocycles. The van der Waals surface area contributed by atoms with Crippen LogP contribution in [0.25, 0.3) is 0 Å². The maximum atomic E-state index is 12.6. The number of hydrogen-bond donors (Lipinski definition) is 2. The molecule has 6 nitrogen and oxygen atoms in total. The van der Waals surface area contributed by atoms with Gasteiger partial charge in [0.15, 0.2) is 11.5 Å². The molecule has 7 heteroatoms. The van der Waals surface area contributed by atoms with Crippen molar-refractivity contribution >= 4 is 23.2 Å². The van der Waals surface area contributed by atoms with Crippen LogP contribution in [0.5, 0.6) is 11.5 Å². The molecule has 162 valence electrons. The van der Waals surface area contributed by atoms with Gasteiger partial charge in [-0.15, -0.1) is 11.3 Å². The topological polar surface area (TPSA) is 76.7 Å². The van der Waals surface area contributed by atoms with Crippen LogP contribution in [0.15, 0.2) is 35.7 Å². The van der Waals surface area contributed by atoms with Gasteiger partial charge in [0.25, 0.3) is 5.91 Å². The molecule has 2 aromatic rings. The Balaban J connectivity index is 1.59. The van der Waals surface area contributed by atoms with E-state index in [4.69, 9.17) is 9.47 Å². The van der Waals surface area contributed by atoms with Gasteiger partial charge in [0.05, 0.1) is 25.8 Å². The van der Waals surface area contributed by atoms with E-state index in [0.29, 0.717) is 36.2 Å². The number of hydrogen-bond acceptors (Lipinski definition) is 5. The van der Waals surface area contributed by atoms with Gasteiger partial charge in [-0.05, 0) is 62.3 Å². The van der Waals surface area contributed by atoms with E-state index in [2.05, 4.69) is 16.7 Å². The lowest BCUT2D eigenvalue weighted by atomic mass is 9.96. The van der Waals surface area contributed by atoms with Crippen LogP contribution < -0.4 is 20.1 Å². The smallest absolute Gasteiger partial charge is 0.251 e. The summed E-state index contributed by atoms with van der Waals surface area (Å²) in [6.45, 7) is 4.69. The lowest BCUT2D eigenvalue weighted by molar-refractivity contribution is -0.121. The van der Waals surface area contributed by atoms with Crippen molar-refractivity contribution in [2.45, 2.75) is 45.6 Å². The number of ether oxygens (including phenoxy) is 2. The molecule has 1 aromatic carbocycles. The number of carbonyl (C=O) groups is 2. The van der Waals surface area contributed by atoms with Crippen molar-refractivity contribution in [3.05, 3.63) is 46.2 Å². The second kappa shape index (κ2) is 11.0. The molecule has 0 bridgehead atoms. The fraction of sp³-hybridized carbons (Fsp3) is 0.478. The number of benzene rings is 1. The van der Waals surface area contributed by atoms with E-state index in [0.717, 1.165) is 12.8 Å². The largest absolute Gasteiger partial charge is 0.490 e. The molecule has 0 spiro atoms. The summed E-state index contributed by atoms with van der Waals surface area (Å²) in [5.41, 5.74) is 0.431. The molecule has 2 N–H and O–H groups in total. The Bertz CT molecular complexity index is 832. The van der Waals surface area contributed by atoms with Gasteiger partial charge in [0.1, 0.15) is 0 Å². The molecule has 1 aliphatic rings. The van der Waals surface area contributed by atoms with Gasteiger partial charge in [-0.3, -0.25) is 9.59 Å². The summed E-state index contributed by atoms with van der Waals surface area (Å²) < 4.78 is 11.1. The lowest BCUT2D eigenvalue weighted by Crippen LogP contribution is -2.40. The molecule has 0 saturated heterocycles. The van der Waals surface area contributed by atoms with Gasteiger partial charge in [0, 0.05) is 10.4 Å². The van der Waals surface area contributed by atoms with E-state index in [1.165, 1.54) is 17.7 Å². The highest BCUT2D eigenvalue weighted by atomic mass is 32.1. The van der Waals surface area contributed by atoms with Crippen LogP contribution in [0.2, 0.25) is 0 Å². The van der Waals surface area contributed by atoms with Crippen LogP contribution in [-0.2, 0) is 4.79 Å². The molecule has 1 fully saturated rings. The van der Waals surface area contributed by atoms with Gasteiger partial charge in [-0.2, -0.15) is 0 Å². The molecule has 0 aliphatic heterocycles. The van der Waals surface area contributed by atoms with Gasteiger partial charge in [0.2, 0.25) is 5.91 Å². The highest BCUT2D eigenvalue weighted by molar-refractivity contribution is 7.10. The third-order valence-corrected chi connectivity index (χ3v) is 6.21. The van der Waals surface area contributed by atoms with Crippen molar-refractivity contribution in [1.82, 2.24) is 10.6 Å². The quantitative estimate of drug-likeness (QED) is 0.588. The number of thiophene rings is 1. The number of rotatable bonds is 10. The standard InChI is InChI=1S/C23H30N2O4S/c1-3-28-18-12-11-17(14-19(18)29-4-2)23(27)24-15-21(26)25-22(16-8-5-6-9-16)20-10-7-13-30-20/h7,10-14,16,22H,3-6,8-9,15H2,1-2H3,(H,24,27)(H,25,26). The van der Waals surface area contributed by atoms with Crippen LogP contribution in [-0.4, -0.2) is 31.6 Å². The molecule has 1 aromatic heterocycles. The average Bonchev–Trinajstić information content (AvgIpc) is 3.46. The van der Waals surface area contributed by atoms with E-state index in [1.54, 1.807) is 29.5 Å². The molecule has 1 atom stereocenters. The van der Waals surface area contributed by atoms with E-state index in [1.807, 2.05) is 25.3 Å². The summed E-state index contributed by atoms with van der Waals surface area (Å²) >= 11 is 1.66. The van der Waals surface area contributed by atoms with Gasteiger partial charge >= 0.3 is 0 Å². The summed E-state index contributed by atoms with van der Waals surface area (Å²) in [6, 6.07) is 9.14. The molecule has 0 radical (unpaired) electrons. The first-order valence-corrected chi connectivity index (χ1v) is 11.5.